The van der Waals surface area contributed by atoms with E-state index in [1.807, 2.05) is 0 Å². The minimum atomic E-state index is -1.33. The van der Waals surface area contributed by atoms with E-state index in [9.17, 15) is 0 Å². The number of aliphatic hydroxyl groups is 4. The summed E-state index contributed by atoms with van der Waals surface area (Å²) in [5, 5.41) is 62.7. The van der Waals surface area contributed by atoms with E-state index in [1.165, 1.54) is 0 Å². The van der Waals surface area contributed by atoms with Crippen LogP contribution in [0.1, 0.15) is 47.0 Å². The Labute approximate surface area is 144 Å². The fraction of sp³-hybridized carbons (Fsp3) is 0.692. The van der Waals surface area contributed by atoms with Gasteiger partial charge in [-0.3, -0.25) is 19.2 Å². The van der Waals surface area contributed by atoms with Gasteiger partial charge in [-0.25, -0.2) is 0 Å². The van der Waals surface area contributed by atoms with Gasteiger partial charge in [-0.15, -0.1) is 0 Å². The van der Waals surface area contributed by atoms with E-state index in [4.69, 9.17) is 60.0 Å². The van der Waals surface area contributed by atoms with E-state index in [2.05, 4.69) is 0 Å². The van der Waals surface area contributed by atoms with Crippen molar-refractivity contribution >= 4 is 23.9 Å². The van der Waals surface area contributed by atoms with E-state index >= 15 is 0 Å². The molecule has 0 radical (unpaired) electrons. The molecule has 0 heterocycles. The summed E-state index contributed by atoms with van der Waals surface area (Å²) in [7, 11) is 0. The molecule has 0 bridgehead atoms. The Morgan fingerprint density at radius 1 is 0.560 bits per heavy atom. The Hall–Kier alpha value is -2.28. The second-order valence-corrected chi connectivity index (χ2v) is 3.97. The molecule has 0 saturated heterocycles. The van der Waals surface area contributed by atoms with Crippen LogP contribution in [0, 0.1) is 0 Å². The standard InChI is InChI=1S/C5H12O4.4C2H4O2/c6-4(7)2-1-3-5(8)9;4*1-2(3)4/h4-9H,1-3H2;4*1H3,(H,3,4). The van der Waals surface area contributed by atoms with Crippen molar-refractivity contribution in [1.29, 1.82) is 0 Å². The van der Waals surface area contributed by atoms with Crippen LogP contribution in [0.15, 0.2) is 0 Å². The molecule has 0 atom stereocenters. The summed E-state index contributed by atoms with van der Waals surface area (Å²) in [4.78, 5) is 36.0. The van der Waals surface area contributed by atoms with E-state index in [0.29, 0.717) is 6.42 Å². The largest absolute Gasteiger partial charge is 0.481 e. The maximum Gasteiger partial charge on any atom is 0.300 e. The number of hydrogen-bond donors (Lipinski definition) is 8. The summed E-state index contributed by atoms with van der Waals surface area (Å²) in [6, 6.07) is 0. The van der Waals surface area contributed by atoms with Gasteiger partial charge in [0.15, 0.2) is 12.6 Å². The topological polar surface area (TPSA) is 230 Å². The van der Waals surface area contributed by atoms with Crippen molar-refractivity contribution in [2.24, 2.45) is 0 Å². The highest BCUT2D eigenvalue weighted by Gasteiger charge is 2.00. The van der Waals surface area contributed by atoms with Crippen LogP contribution >= 0.6 is 0 Å². The molecule has 152 valence electrons. The van der Waals surface area contributed by atoms with Crippen molar-refractivity contribution < 1.29 is 60.0 Å². The smallest absolute Gasteiger partial charge is 0.300 e. The van der Waals surface area contributed by atoms with Crippen molar-refractivity contribution in [3.05, 3.63) is 0 Å². The lowest BCUT2D eigenvalue weighted by atomic mass is 10.2. The monoisotopic (exact) mass is 376 g/mol. The van der Waals surface area contributed by atoms with Gasteiger partial charge in [-0.1, -0.05) is 0 Å². The zero-order valence-corrected chi connectivity index (χ0v) is 14.5. The first-order valence-electron chi connectivity index (χ1n) is 6.56. The van der Waals surface area contributed by atoms with Crippen molar-refractivity contribution in [2.45, 2.75) is 59.5 Å². The molecule has 0 aromatic carbocycles. The average Bonchev–Trinajstić information content (AvgIpc) is 2.23. The van der Waals surface area contributed by atoms with Gasteiger partial charge in [0, 0.05) is 27.7 Å². The Kier molecular flexibility index (Phi) is 36.3. The first-order valence-corrected chi connectivity index (χ1v) is 6.56. The Morgan fingerprint density at radius 3 is 0.760 bits per heavy atom. The maximum absolute atomic E-state index is 9.00. The second-order valence-electron chi connectivity index (χ2n) is 3.97. The lowest BCUT2D eigenvalue weighted by molar-refractivity contribution is -0.135. The molecule has 0 aliphatic heterocycles. The SMILES string of the molecule is CC(=O)O.CC(=O)O.CC(=O)O.CC(=O)O.OC(O)CCCC(O)O. The van der Waals surface area contributed by atoms with Gasteiger partial charge in [-0.05, 0) is 19.3 Å². The predicted octanol–water partition coefficient (Wildman–Crippen LogP) is -0.858. The van der Waals surface area contributed by atoms with Crippen molar-refractivity contribution in [2.75, 3.05) is 0 Å². The molecular formula is C13H28O12. The number of carboxylic acids is 4. The number of hydrogen-bond acceptors (Lipinski definition) is 8. The summed E-state index contributed by atoms with van der Waals surface area (Å²) < 4.78 is 0. The molecule has 0 aliphatic rings. The van der Waals surface area contributed by atoms with Gasteiger partial charge in [0.25, 0.3) is 23.9 Å². The summed E-state index contributed by atoms with van der Waals surface area (Å²) in [5.74, 6) is -3.33. The summed E-state index contributed by atoms with van der Waals surface area (Å²) in [6.07, 6.45) is -1.86. The van der Waals surface area contributed by atoms with Crippen LogP contribution in [-0.2, 0) is 19.2 Å². The number of carbonyl (C=O) groups is 4. The average molecular weight is 376 g/mol. The van der Waals surface area contributed by atoms with Gasteiger partial charge in [-0.2, -0.15) is 0 Å². The first kappa shape index (κ1) is 34.1. The minimum Gasteiger partial charge on any atom is -0.481 e. The normalized spacial score (nSPS) is 8.08. The fourth-order valence-corrected chi connectivity index (χ4v) is 0.483. The zero-order chi connectivity index (χ0) is 21.6. The van der Waals surface area contributed by atoms with E-state index < -0.39 is 36.5 Å². The van der Waals surface area contributed by atoms with Crippen LogP contribution in [0.5, 0.6) is 0 Å². The third-order valence-electron chi connectivity index (χ3n) is 0.925. The summed E-state index contributed by atoms with van der Waals surface area (Å²) in [5.41, 5.74) is 0. The van der Waals surface area contributed by atoms with Gasteiger partial charge >= 0.3 is 0 Å². The highest BCUT2D eigenvalue weighted by atomic mass is 16.5. The van der Waals surface area contributed by atoms with Crippen molar-refractivity contribution in [1.82, 2.24) is 0 Å². The molecule has 12 nitrogen and oxygen atoms in total. The van der Waals surface area contributed by atoms with E-state index in [-0.39, 0.29) is 12.8 Å². The quantitative estimate of drug-likeness (QED) is 0.280. The zero-order valence-electron chi connectivity index (χ0n) is 14.5. The molecule has 0 aromatic heterocycles. The molecule has 0 fully saturated rings. The third kappa shape index (κ3) is 610. The van der Waals surface area contributed by atoms with E-state index in [1.54, 1.807) is 0 Å². The molecule has 12 heteroatoms. The van der Waals surface area contributed by atoms with Crippen LogP contribution in [-0.4, -0.2) is 77.3 Å². The highest BCUT2D eigenvalue weighted by molar-refractivity contribution is 5.63. The van der Waals surface area contributed by atoms with Gasteiger partial charge in [0.1, 0.15) is 0 Å². The van der Waals surface area contributed by atoms with Crippen LogP contribution in [0.4, 0.5) is 0 Å². The summed E-state index contributed by atoms with van der Waals surface area (Å²) >= 11 is 0. The lowest BCUT2D eigenvalue weighted by Gasteiger charge is -2.03. The highest BCUT2D eigenvalue weighted by Crippen LogP contribution is 1.99. The number of rotatable bonds is 4. The molecule has 0 spiro atoms. The predicted molar refractivity (Wildman–Crippen MR) is 83.5 cm³/mol. The molecule has 25 heavy (non-hydrogen) atoms. The molecular weight excluding hydrogens is 348 g/mol. The molecule has 0 aliphatic carbocycles. The second kappa shape index (κ2) is 26.6. The molecule has 8 N–H and O–H groups in total. The third-order valence-corrected chi connectivity index (χ3v) is 0.925. The molecule has 0 amide bonds. The molecule has 0 aromatic rings. The maximum atomic E-state index is 9.00. The van der Waals surface area contributed by atoms with Crippen molar-refractivity contribution in [3.8, 4) is 0 Å². The Bertz CT molecular complexity index is 266. The Morgan fingerprint density at radius 2 is 0.680 bits per heavy atom. The first-order chi connectivity index (χ1) is 11.1. The molecule has 0 unspecified atom stereocenters. The number of aliphatic carboxylic acids is 4. The van der Waals surface area contributed by atoms with Crippen molar-refractivity contribution in [3.63, 3.8) is 0 Å². The number of aliphatic hydroxyl groups excluding tert-OH is 2. The van der Waals surface area contributed by atoms with Gasteiger partial charge in [0.2, 0.25) is 0 Å². The molecule has 0 saturated carbocycles. The van der Waals surface area contributed by atoms with Crippen LogP contribution < -0.4 is 0 Å². The van der Waals surface area contributed by atoms with Crippen LogP contribution in [0.25, 0.3) is 0 Å². The van der Waals surface area contributed by atoms with Crippen LogP contribution in [0.3, 0.4) is 0 Å². The van der Waals surface area contributed by atoms with Gasteiger partial charge in [0.05, 0.1) is 0 Å². The Balaban J connectivity index is -0.0000000714. The lowest BCUT2D eigenvalue weighted by Crippen LogP contribution is -2.08. The molecule has 0 rings (SSSR count). The van der Waals surface area contributed by atoms with Gasteiger partial charge < -0.3 is 40.9 Å². The minimum absolute atomic E-state index is 0.192. The van der Waals surface area contributed by atoms with E-state index in [0.717, 1.165) is 27.7 Å². The fourth-order valence-electron chi connectivity index (χ4n) is 0.483. The summed E-state index contributed by atoms with van der Waals surface area (Å²) in [6.45, 7) is 4.33. The number of carboxylic acid groups (broad SMARTS) is 4. The van der Waals surface area contributed by atoms with Crippen LogP contribution in [0.2, 0.25) is 0 Å².